The Kier molecular flexibility index (Phi) is 4.35. The van der Waals surface area contributed by atoms with E-state index in [1.165, 1.54) is 11.8 Å². The van der Waals surface area contributed by atoms with Crippen molar-refractivity contribution in [2.75, 3.05) is 12.9 Å². The van der Waals surface area contributed by atoms with Crippen LogP contribution in [0.25, 0.3) is 16.6 Å². The maximum absolute atomic E-state index is 12.9. The molecule has 3 rings (SSSR count). The van der Waals surface area contributed by atoms with E-state index in [1.807, 2.05) is 42.5 Å². The van der Waals surface area contributed by atoms with Gasteiger partial charge in [-0.2, -0.15) is 0 Å². The number of terminal acetylenes is 1. The Labute approximate surface area is 138 Å². The van der Waals surface area contributed by atoms with Crippen molar-refractivity contribution in [1.29, 1.82) is 0 Å². The molecule has 0 saturated heterocycles. The van der Waals surface area contributed by atoms with Crippen LogP contribution in [0, 0.1) is 12.3 Å². The van der Waals surface area contributed by atoms with E-state index in [-0.39, 0.29) is 5.56 Å². The van der Waals surface area contributed by atoms with Gasteiger partial charge in [0, 0.05) is 0 Å². The van der Waals surface area contributed by atoms with Gasteiger partial charge in [-0.25, -0.2) is 4.98 Å². The molecule has 0 amide bonds. The number of nitrogens with zero attached hydrogens (tertiary/aromatic N) is 2. The fourth-order valence-electron chi connectivity index (χ4n) is 2.27. The molecular weight excluding hydrogens is 308 g/mol. The summed E-state index contributed by atoms with van der Waals surface area (Å²) in [7, 11) is 1.60. The highest BCUT2D eigenvalue weighted by Crippen LogP contribution is 2.22. The highest BCUT2D eigenvalue weighted by molar-refractivity contribution is 7.99. The Morgan fingerprint density at radius 2 is 1.96 bits per heavy atom. The first-order valence-electron chi connectivity index (χ1n) is 6.97. The summed E-state index contributed by atoms with van der Waals surface area (Å²) in [5.41, 5.74) is 1.29. The second kappa shape index (κ2) is 6.59. The second-order valence-electron chi connectivity index (χ2n) is 4.74. The average Bonchev–Trinajstić information content (AvgIpc) is 2.60. The average molecular weight is 322 g/mol. The molecule has 4 nitrogen and oxygen atoms in total. The van der Waals surface area contributed by atoms with Crippen LogP contribution < -0.4 is 10.3 Å². The first-order valence-corrected chi connectivity index (χ1v) is 7.95. The van der Waals surface area contributed by atoms with E-state index in [2.05, 4.69) is 10.9 Å². The molecule has 0 aliphatic heterocycles. The van der Waals surface area contributed by atoms with Crippen molar-refractivity contribution in [3.8, 4) is 23.8 Å². The van der Waals surface area contributed by atoms with E-state index in [1.54, 1.807) is 17.7 Å². The van der Waals surface area contributed by atoms with Gasteiger partial charge in [0.1, 0.15) is 5.75 Å². The van der Waals surface area contributed by atoms with Crippen LogP contribution in [-0.2, 0) is 0 Å². The van der Waals surface area contributed by atoms with Gasteiger partial charge in [0.15, 0.2) is 5.16 Å². The third-order valence-electron chi connectivity index (χ3n) is 3.36. The van der Waals surface area contributed by atoms with Gasteiger partial charge in [-0.05, 0) is 36.4 Å². The van der Waals surface area contributed by atoms with Crippen molar-refractivity contribution >= 4 is 22.7 Å². The van der Waals surface area contributed by atoms with Crippen molar-refractivity contribution in [3.05, 3.63) is 58.9 Å². The topological polar surface area (TPSA) is 44.1 Å². The molecule has 0 saturated carbocycles. The van der Waals surface area contributed by atoms with Gasteiger partial charge in [0.25, 0.3) is 5.56 Å². The highest BCUT2D eigenvalue weighted by Gasteiger charge is 2.12. The number of rotatable bonds is 4. The van der Waals surface area contributed by atoms with Crippen LogP contribution >= 0.6 is 11.8 Å². The summed E-state index contributed by atoms with van der Waals surface area (Å²) in [5, 5.41) is 1.16. The predicted octanol–water partition coefficient (Wildman–Crippen LogP) is 3.12. The summed E-state index contributed by atoms with van der Waals surface area (Å²) in [6, 6.07) is 14.6. The molecular formula is C18H14N2O2S. The lowest BCUT2D eigenvalue weighted by molar-refractivity contribution is 0.414. The van der Waals surface area contributed by atoms with Crippen LogP contribution in [0.15, 0.2) is 58.5 Å². The van der Waals surface area contributed by atoms with Crippen LogP contribution in [0.2, 0.25) is 0 Å². The molecule has 2 aromatic carbocycles. The number of hydrogen-bond acceptors (Lipinski definition) is 4. The molecule has 5 heteroatoms. The van der Waals surface area contributed by atoms with E-state index in [4.69, 9.17) is 11.2 Å². The summed E-state index contributed by atoms with van der Waals surface area (Å²) in [5.74, 6) is 3.74. The summed E-state index contributed by atoms with van der Waals surface area (Å²) in [4.78, 5) is 17.5. The predicted molar refractivity (Wildman–Crippen MR) is 93.4 cm³/mol. The van der Waals surface area contributed by atoms with Crippen LogP contribution in [0.5, 0.6) is 5.75 Å². The number of aromatic nitrogens is 2. The number of benzene rings is 2. The zero-order valence-corrected chi connectivity index (χ0v) is 13.3. The lowest BCUT2D eigenvalue weighted by Crippen LogP contribution is -2.21. The van der Waals surface area contributed by atoms with Crippen LogP contribution in [-0.4, -0.2) is 22.4 Å². The lowest BCUT2D eigenvalue weighted by atomic mass is 10.2. The quantitative estimate of drug-likeness (QED) is 0.420. The summed E-state index contributed by atoms with van der Waals surface area (Å²) >= 11 is 1.37. The van der Waals surface area contributed by atoms with Crippen molar-refractivity contribution in [1.82, 2.24) is 9.55 Å². The Morgan fingerprint density at radius 3 is 2.65 bits per heavy atom. The van der Waals surface area contributed by atoms with Gasteiger partial charge in [0.2, 0.25) is 0 Å². The molecule has 0 fully saturated rings. The molecule has 0 spiro atoms. The van der Waals surface area contributed by atoms with Gasteiger partial charge in [-0.1, -0.05) is 29.8 Å². The number of fused-ring (bicyclic) bond motifs is 1. The van der Waals surface area contributed by atoms with E-state index in [0.717, 1.165) is 11.4 Å². The molecule has 0 atom stereocenters. The highest BCUT2D eigenvalue weighted by atomic mass is 32.2. The lowest BCUT2D eigenvalue weighted by Gasteiger charge is -2.12. The fraction of sp³-hybridized carbons (Fsp3) is 0.111. The van der Waals surface area contributed by atoms with Gasteiger partial charge in [0.05, 0.1) is 29.5 Å². The molecule has 0 aliphatic carbocycles. The summed E-state index contributed by atoms with van der Waals surface area (Å²) in [6.45, 7) is 0. The summed E-state index contributed by atoms with van der Waals surface area (Å²) < 4.78 is 6.75. The Bertz CT molecular complexity index is 940. The maximum atomic E-state index is 12.9. The van der Waals surface area contributed by atoms with Crippen molar-refractivity contribution in [2.24, 2.45) is 0 Å². The first-order chi connectivity index (χ1) is 11.2. The molecule has 114 valence electrons. The minimum absolute atomic E-state index is 0.111. The molecule has 3 aromatic rings. The molecule has 1 heterocycles. The van der Waals surface area contributed by atoms with Crippen LogP contribution in [0.4, 0.5) is 0 Å². The Balaban J connectivity index is 2.25. The number of para-hydroxylation sites is 1. The molecule has 0 unspecified atom stereocenters. The van der Waals surface area contributed by atoms with Crippen molar-refractivity contribution in [3.63, 3.8) is 0 Å². The third-order valence-corrected chi connectivity index (χ3v) is 4.20. The largest absolute Gasteiger partial charge is 0.497 e. The Morgan fingerprint density at radius 1 is 1.22 bits per heavy atom. The molecule has 1 aromatic heterocycles. The van der Waals surface area contributed by atoms with Gasteiger partial charge >= 0.3 is 0 Å². The minimum atomic E-state index is -0.111. The number of thioether (sulfide) groups is 1. The first kappa shape index (κ1) is 15.2. The number of ether oxygens (including phenoxy) is 1. The van der Waals surface area contributed by atoms with Gasteiger partial charge < -0.3 is 4.74 Å². The van der Waals surface area contributed by atoms with Gasteiger partial charge in [-0.15, -0.1) is 6.42 Å². The minimum Gasteiger partial charge on any atom is -0.497 e. The third kappa shape index (κ3) is 2.94. The number of methoxy groups -OCH3 is 1. The van der Waals surface area contributed by atoms with Crippen LogP contribution in [0.3, 0.4) is 0 Å². The number of hydrogen-bond donors (Lipinski definition) is 0. The molecule has 0 radical (unpaired) electrons. The molecule has 0 N–H and O–H groups in total. The maximum Gasteiger partial charge on any atom is 0.266 e. The van der Waals surface area contributed by atoms with E-state index in [0.29, 0.717) is 21.8 Å². The second-order valence-corrected chi connectivity index (χ2v) is 5.69. The van der Waals surface area contributed by atoms with Gasteiger partial charge in [-0.3, -0.25) is 9.36 Å². The van der Waals surface area contributed by atoms with E-state index in [9.17, 15) is 4.79 Å². The van der Waals surface area contributed by atoms with Crippen LogP contribution in [0.1, 0.15) is 0 Å². The van der Waals surface area contributed by atoms with Crippen molar-refractivity contribution < 1.29 is 4.74 Å². The normalized spacial score (nSPS) is 10.4. The molecule has 0 aliphatic rings. The monoisotopic (exact) mass is 322 g/mol. The molecule has 23 heavy (non-hydrogen) atoms. The SMILES string of the molecule is C#CCSc1nc2ccccc2c(=O)n1-c1ccc(OC)cc1. The Hall–Kier alpha value is -2.71. The smallest absolute Gasteiger partial charge is 0.266 e. The van der Waals surface area contributed by atoms with Crippen molar-refractivity contribution in [2.45, 2.75) is 5.16 Å². The zero-order chi connectivity index (χ0) is 16.2. The zero-order valence-electron chi connectivity index (χ0n) is 12.5. The van der Waals surface area contributed by atoms with E-state index < -0.39 is 0 Å². The van der Waals surface area contributed by atoms with E-state index >= 15 is 0 Å². The standard InChI is InChI=1S/C18H14N2O2S/c1-3-12-23-18-19-16-7-5-4-6-15(16)17(21)20(18)13-8-10-14(22-2)11-9-13/h1,4-11H,12H2,2H3. The molecule has 0 bridgehead atoms. The summed E-state index contributed by atoms with van der Waals surface area (Å²) in [6.07, 6.45) is 5.35. The fourth-order valence-corrected chi connectivity index (χ4v) is 2.97.